The van der Waals surface area contributed by atoms with Crippen LogP contribution >= 0.6 is 23.1 Å². The first-order valence-electron chi connectivity index (χ1n) is 9.03. The summed E-state index contributed by atoms with van der Waals surface area (Å²) in [6.45, 7) is 4.76. The number of amides is 1. The van der Waals surface area contributed by atoms with Crippen molar-refractivity contribution in [3.05, 3.63) is 81.3 Å². The molecule has 3 aromatic rings. The maximum absolute atomic E-state index is 13.0. The SMILES string of the molecule is CCc1ccc(CN(C)C(=O)c2ccccc2SCc2csc(C)n2)cc1. The lowest BCUT2D eigenvalue weighted by Crippen LogP contribution is -2.26. The standard InChI is InChI=1S/C22H24N2OS2/c1-4-17-9-11-18(12-10-17)13-24(3)22(25)20-7-5-6-8-21(20)27-15-19-14-26-16(2)23-19/h5-12,14H,4,13,15H2,1-3H3. The number of hydrogen-bond donors (Lipinski definition) is 0. The van der Waals surface area contributed by atoms with Crippen molar-refractivity contribution in [2.75, 3.05) is 7.05 Å². The van der Waals surface area contributed by atoms with Crippen molar-refractivity contribution in [2.24, 2.45) is 0 Å². The van der Waals surface area contributed by atoms with Gasteiger partial charge in [-0.25, -0.2) is 4.98 Å². The van der Waals surface area contributed by atoms with E-state index in [-0.39, 0.29) is 5.91 Å². The number of thiazole rings is 1. The first-order chi connectivity index (χ1) is 13.1. The normalized spacial score (nSPS) is 10.8. The highest BCUT2D eigenvalue weighted by atomic mass is 32.2. The Balaban J connectivity index is 1.69. The van der Waals surface area contributed by atoms with Gasteiger partial charge in [0.25, 0.3) is 5.91 Å². The first-order valence-corrected chi connectivity index (χ1v) is 10.9. The molecule has 140 valence electrons. The van der Waals surface area contributed by atoms with Crippen molar-refractivity contribution in [1.29, 1.82) is 0 Å². The fraction of sp³-hybridized carbons (Fsp3) is 0.273. The molecule has 1 amide bonds. The summed E-state index contributed by atoms with van der Waals surface area (Å²) in [5.41, 5.74) is 4.27. The molecule has 2 aromatic carbocycles. The van der Waals surface area contributed by atoms with Crippen LogP contribution in [0, 0.1) is 6.92 Å². The molecule has 3 rings (SSSR count). The molecule has 0 saturated heterocycles. The van der Waals surface area contributed by atoms with E-state index in [1.807, 2.05) is 38.2 Å². The molecule has 27 heavy (non-hydrogen) atoms. The minimum atomic E-state index is 0.0483. The molecule has 0 N–H and O–H groups in total. The molecular formula is C22H24N2OS2. The number of hydrogen-bond acceptors (Lipinski definition) is 4. The van der Waals surface area contributed by atoms with E-state index in [9.17, 15) is 4.79 Å². The fourth-order valence-electron chi connectivity index (χ4n) is 2.83. The van der Waals surface area contributed by atoms with E-state index in [1.54, 1.807) is 28.0 Å². The van der Waals surface area contributed by atoms with Gasteiger partial charge in [-0.2, -0.15) is 0 Å². The Kier molecular flexibility index (Phi) is 6.69. The van der Waals surface area contributed by atoms with E-state index < -0.39 is 0 Å². The molecule has 1 heterocycles. The quantitative estimate of drug-likeness (QED) is 0.489. The summed E-state index contributed by atoms with van der Waals surface area (Å²) in [5, 5.41) is 3.16. The van der Waals surface area contributed by atoms with E-state index >= 15 is 0 Å². The first kappa shape index (κ1) is 19.6. The number of carbonyl (C=O) groups excluding carboxylic acids is 1. The third-order valence-corrected chi connectivity index (χ3v) is 6.29. The van der Waals surface area contributed by atoms with Gasteiger partial charge in [0.2, 0.25) is 0 Å². The van der Waals surface area contributed by atoms with Gasteiger partial charge in [0.05, 0.1) is 16.3 Å². The average molecular weight is 397 g/mol. The van der Waals surface area contributed by atoms with Gasteiger partial charge < -0.3 is 4.90 Å². The second kappa shape index (κ2) is 9.20. The fourth-order valence-corrected chi connectivity index (χ4v) is 4.48. The van der Waals surface area contributed by atoms with Crippen LogP contribution in [-0.2, 0) is 18.7 Å². The number of aryl methyl sites for hydroxylation is 2. The predicted octanol–water partition coefficient (Wildman–Crippen LogP) is 5.58. The van der Waals surface area contributed by atoms with Crippen molar-refractivity contribution < 1.29 is 4.79 Å². The Morgan fingerprint density at radius 1 is 1.11 bits per heavy atom. The molecule has 0 bridgehead atoms. The molecule has 0 aliphatic heterocycles. The minimum absolute atomic E-state index is 0.0483. The van der Waals surface area contributed by atoms with Gasteiger partial charge in [-0.1, -0.05) is 43.3 Å². The Morgan fingerprint density at radius 2 is 1.81 bits per heavy atom. The third-order valence-electron chi connectivity index (χ3n) is 4.36. The Bertz CT molecular complexity index is 903. The van der Waals surface area contributed by atoms with Crippen LogP contribution in [0.4, 0.5) is 0 Å². The molecule has 0 fully saturated rings. The van der Waals surface area contributed by atoms with E-state index in [0.29, 0.717) is 6.54 Å². The zero-order chi connectivity index (χ0) is 19.2. The smallest absolute Gasteiger partial charge is 0.255 e. The van der Waals surface area contributed by atoms with E-state index in [0.717, 1.165) is 38.9 Å². The van der Waals surface area contributed by atoms with Crippen LogP contribution in [0.3, 0.4) is 0 Å². The zero-order valence-electron chi connectivity index (χ0n) is 15.9. The van der Waals surface area contributed by atoms with Crippen molar-refractivity contribution in [1.82, 2.24) is 9.88 Å². The largest absolute Gasteiger partial charge is 0.337 e. The number of rotatable bonds is 7. The van der Waals surface area contributed by atoms with E-state index in [4.69, 9.17) is 0 Å². The summed E-state index contributed by atoms with van der Waals surface area (Å²) in [6, 6.07) is 16.3. The Labute approximate surface area is 169 Å². The summed E-state index contributed by atoms with van der Waals surface area (Å²) in [7, 11) is 1.86. The van der Waals surface area contributed by atoms with Crippen LogP contribution in [0.1, 0.15) is 39.1 Å². The summed E-state index contributed by atoms with van der Waals surface area (Å²) in [6.07, 6.45) is 1.03. The monoisotopic (exact) mass is 396 g/mol. The highest BCUT2D eigenvalue weighted by molar-refractivity contribution is 7.98. The van der Waals surface area contributed by atoms with Gasteiger partial charge in [0.1, 0.15) is 0 Å². The van der Waals surface area contributed by atoms with Gasteiger partial charge in [-0.05, 0) is 36.6 Å². The molecule has 0 aliphatic rings. The second-order valence-corrected chi connectivity index (χ2v) is 8.55. The van der Waals surface area contributed by atoms with E-state index in [2.05, 4.69) is 41.6 Å². The van der Waals surface area contributed by atoms with Crippen LogP contribution in [0.5, 0.6) is 0 Å². The number of aromatic nitrogens is 1. The summed E-state index contributed by atoms with van der Waals surface area (Å²) >= 11 is 3.33. The van der Waals surface area contributed by atoms with Crippen LogP contribution in [0.2, 0.25) is 0 Å². The average Bonchev–Trinajstić information content (AvgIpc) is 3.12. The topological polar surface area (TPSA) is 33.2 Å². The lowest BCUT2D eigenvalue weighted by Gasteiger charge is -2.19. The number of nitrogens with zero attached hydrogens (tertiary/aromatic N) is 2. The van der Waals surface area contributed by atoms with Crippen molar-refractivity contribution in [3.63, 3.8) is 0 Å². The Hall–Kier alpha value is -2.11. The number of benzene rings is 2. The summed E-state index contributed by atoms with van der Waals surface area (Å²) < 4.78 is 0. The maximum atomic E-state index is 13.0. The lowest BCUT2D eigenvalue weighted by molar-refractivity contribution is 0.0781. The molecule has 0 radical (unpaired) electrons. The highest BCUT2D eigenvalue weighted by Gasteiger charge is 2.16. The molecule has 0 unspecified atom stereocenters. The molecule has 0 spiro atoms. The van der Waals surface area contributed by atoms with Gasteiger partial charge in [-0.15, -0.1) is 23.1 Å². The van der Waals surface area contributed by atoms with Gasteiger partial charge in [0.15, 0.2) is 0 Å². The van der Waals surface area contributed by atoms with E-state index in [1.165, 1.54) is 5.56 Å². The predicted molar refractivity (Wildman–Crippen MR) is 114 cm³/mol. The molecule has 5 heteroatoms. The molecule has 1 aromatic heterocycles. The second-order valence-electron chi connectivity index (χ2n) is 6.47. The highest BCUT2D eigenvalue weighted by Crippen LogP contribution is 2.27. The molecule has 0 aliphatic carbocycles. The lowest BCUT2D eigenvalue weighted by atomic mass is 10.1. The van der Waals surface area contributed by atoms with Gasteiger partial charge in [-0.3, -0.25) is 4.79 Å². The number of thioether (sulfide) groups is 1. The maximum Gasteiger partial charge on any atom is 0.255 e. The van der Waals surface area contributed by atoms with Gasteiger partial charge in [0, 0.05) is 29.6 Å². The van der Waals surface area contributed by atoms with Crippen LogP contribution in [-0.4, -0.2) is 22.8 Å². The minimum Gasteiger partial charge on any atom is -0.337 e. The van der Waals surface area contributed by atoms with Crippen molar-refractivity contribution >= 4 is 29.0 Å². The summed E-state index contributed by atoms with van der Waals surface area (Å²) in [5.74, 6) is 0.823. The Morgan fingerprint density at radius 3 is 2.48 bits per heavy atom. The molecule has 3 nitrogen and oxygen atoms in total. The molecule has 0 saturated carbocycles. The van der Waals surface area contributed by atoms with Crippen LogP contribution in [0.25, 0.3) is 0 Å². The third kappa shape index (κ3) is 5.21. The molecule has 0 atom stereocenters. The number of carbonyl (C=O) groups is 1. The van der Waals surface area contributed by atoms with Crippen LogP contribution < -0.4 is 0 Å². The van der Waals surface area contributed by atoms with Crippen LogP contribution in [0.15, 0.2) is 58.8 Å². The van der Waals surface area contributed by atoms with Crippen molar-refractivity contribution in [3.8, 4) is 0 Å². The van der Waals surface area contributed by atoms with Crippen molar-refractivity contribution in [2.45, 2.75) is 37.5 Å². The summed E-state index contributed by atoms with van der Waals surface area (Å²) in [4.78, 5) is 20.3. The molecular weight excluding hydrogens is 372 g/mol. The zero-order valence-corrected chi connectivity index (χ0v) is 17.6. The van der Waals surface area contributed by atoms with Gasteiger partial charge >= 0.3 is 0 Å².